The van der Waals surface area contributed by atoms with Gasteiger partial charge in [0.05, 0.1) is 5.41 Å². The highest BCUT2D eigenvalue weighted by Gasteiger charge is 2.51. The van der Waals surface area contributed by atoms with Crippen LogP contribution in [0.2, 0.25) is 0 Å². The molecular weight excluding hydrogens is 272 g/mol. The molecule has 2 nitrogen and oxygen atoms in total. The molecular formula is C20H38O2. The van der Waals surface area contributed by atoms with Gasteiger partial charge in [-0.05, 0) is 62.7 Å². The van der Waals surface area contributed by atoms with Crippen LogP contribution in [0.5, 0.6) is 0 Å². The summed E-state index contributed by atoms with van der Waals surface area (Å²) < 4.78 is 6.21. The normalized spacial score (nSPS) is 21.5. The van der Waals surface area contributed by atoms with Crippen LogP contribution in [0.15, 0.2) is 0 Å². The molecule has 0 aromatic carbocycles. The smallest absolute Gasteiger partial charge is 0.312 e. The average molecular weight is 311 g/mol. The standard InChI is InChI=1S/C20H38O2/c1-9-18(6,7)19(8,15-17(3,4)5)16(21)22-20(10-2)13-11-12-14-20/h9-15H2,1-8H3. The van der Waals surface area contributed by atoms with Crippen molar-refractivity contribution in [3.8, 4) is 0 Å². The molecule has 0 amide bonds. The molecule has 0 bridgehead atoms. The van der Waals surface area contributed by atoms with Crippen LogP contribution in [0.3, 0.4) is 0 Å². The molecule has 0 aliphatic heterocycles. The molecule has 1 rings (SSSR count). The molecule has 0 spiro atoms. The number of carbonyl (C=O) groups is 1. The number of carbonyl (C=O) groups excluding carboxylic acids is 1. The third kappa shape index (κ3) is 4.06. The third-order valence-corrected chi connectivity index (χ3v) is 6.18. The van der Waals surface area contributed by atoms with Crippen LogP contribution in [-0.2, 0) is 9.53 Å². The average Bonchev–Trinajstić information content (AvgIpc) is 2.85. The van der Waals surface area contributed by atoms with Gasteiger partial charge in [-0.25, -0.2) is 0 Å². The summed E-state index contributed by atoms with van der Waals surface area (Å²) in [6.07, 6.45) is 7.23. The van der Waals surface area contributed by atoms with E-state index in [-0.39, 0.29) is 22.4 Å². The lowest BCUT2D eigenvalue weighted by molar-refractivity contribution is -0.182. The molecule has 1 atom stereocenters. The zero-order valence-corrected chi connectivity index (χ0v) is 16.3. The molecule has 1 unspecified atom stereocenters. The van der Waals surface area contributed by atoms with Crippen molar-refractivity contribution < 1.29 is 9.53 Å². The molecule has 130 valence electrons. The minimum absolute atomic E-state index is 0.0259. The van der Waals surface area contributed by atoms with Crippen molar-refractivity contribution in [3.05, 3.63) is 0 Å². The van der Waals surface area contributed by atoms with Crippen LogP contribution in [-0.4, -0.2) is 11.6 Å². The van der Waals surface area contributed by atoms with Crippen LogP contribution < -0.4 is 0 Å². The molecule has 0 aromatic rings. The molecule has 0 aromatic heterocycles. The van der Waals surface area contributed by atoms with E-state index in [4.69, 9.17) is 4.74 Å². The Morgan fingerprint density at radius 1 is 1.00 bits per heavy atom. The molecule has 1 fully saturated rings. The van der Waals surface area contributed by atoms with Crippen molar-refractivity contribution in [2.24, 2.45) is 16.2 Å². The van der Waals surface area contributed by atoms with Crippen molar-refractivity contribution in [2.75, 3.05) is 0 Å². The second-order valence-corrected chi connectivity index (χ2v) is 9.44. The summed E-state index contributed by atoms with van der Waals surface area (Å²) >= 11 is 0. The highest BCUT2D eigenvalue weighted by molar-refractivity contribution is 5.78. The molecule has 1 saturated carbocycles. The molecule has 1 aliphatic carbocycles. The zero-order chi connectivity index (χ0) is 17.2. The lowest BCUT2D eigenvalue weighted by atomic mass is 9.59. The van der Waals surface area contributed by atoms with Gasteiger partial charge in [-0.1, -0.05) is 48.5 Å². The van der Waals surface area contributed by atoms with Gasteiger partial charge in [0.25, 0.3) is 0 Å². The van der Waals surface area contributed by atoms with E-state index in [0.29, 0.717) is 0 Å². The highest BCUT2D eigenvalue weighted by atomic mass is 16.6. The Hall–Kier alpha value is -0.530. The van der Waals surface area contributed by atoms with Gasteiger partial charge < -0.3 is 4.74 Å². The van der Waals surface area contributed by atoms with Gasteiger partial charge >= 0.3 is 5.97 Å². The Morgan fingerprint density at radius 2 is 1.50 bits per heavy atom. The van der Waals surface area contributed by atoms with Gasteiger partial charge in [0.1, 0.15) is 5.60 Å². The minimum Gasteiger partial charge on any atom is -0.459 e. The van der Waals surface area contributed by atoms with Crippen LogP contribution in [0.4, 0.5) is 0 Å². The first-order valence-electron chi connectivity index (χ1n) is 9.15. The van der Waals surface area contributed by atoms with E-state index < -0.39 is 5.41 Å². The summed E-state index contributed by atoms with van der Waals surface area (Å²) in [5, 5.41) is 0. The first-order valence-corrected chi connectivity index (χ1v) is 9.15. The Morgan fingerprint density at radius 3 is 1.86 bits per heavy atom. The van der Waals surface area contributed by atoms with E-state index in [0.717, 1.165) is 32.1 Å². The van der Waals surface area contributed by atoms with Gasteiger partial charge in [-0.2, -0.15) is 0 Å². The van der Waals surface area contributed by atoms with Gasteiger partial charge in [-0.15, -0.1) is 0 Å². The van der Waals surface area contributed by atoms with Crippen LogP contribution in [0.1, 0.15) is 100 Å². The van der Waals surface area contributed by atoms with Crippen molar-refractivity contribution in [1.82, 2.24) is 0 Å². The maximum Gasteiger partial charge on any atom is 0.312 e. The van der Waals surface area contributed by atoms with E-state index in [9.17, 15) is 4.79 Å². The number of esters is 1. The van der Waals surface area contributed by atoms with Crippen LogP contribution in [0, 0.1) is 16.2 Å². The fourth-order valence-corrected chi connectivity index (χ4v) is 3.89. The molecule has 0 radical (unpaired) electrons. The molecule has 0 N–H and O–H groups in total. The molecule has 22 heavy (non-hydrogen) atoms. The minimum atomic E-state index is -0.440. The summed E-state index contributed by atoms with van der Waals surface area (Å²) in [5.74, 6) is 0.0259. The number of ether oxygens (including phenoxy) is 1. The predicted molar refractivity (Wildman–Crippen MR) is 93.8 cm³/mol. The summed E-state index contributed by atoms with van der Waals surface area (Å²) in [7, 11) is 0. The topological polar surface area (TPSA) is 26.3 Å². The monoisotopic (exact) mass is 310 g/mol. The Kier molecular flexibility index (Phi) is 5.79. The fraction of sp³-hybridized carbons (Fsp3) is 0.950. The van der Waals surface area contributed by atoms with E-state index in [1.54, 1.807) is 0 Å². The van der Waals surface area contributed by atoms with Gasteiger partial charge in [-0.3, -0.25) is 4.79 Å². The molecule has 0 saturated heterocycles. The Bertz CT molecular complexity index is 383. The van der Waals surface area contributed by atoms with Gasteiger partial charge in [0, 0.05) is 0 Å². The van der Waals surface area contributed by atoms with E-state index >= 15 is 0 Å². The maximum absolute atomic E-state index is 13.2. The number of rotatable bonds is 6. The van der Waals surface area contributed by atoms with Gasteiger partial charge in [0.2, 0.25) is 0 Å². The van der Waals surface area contributed by atoms with E-state index in [2.05, 4.69) is 55.4 Å². The largest absolute Gasteiger partial charge is 0.459 e. The number of hydrogen-bond acceptors (Lipinski definition) is 2. The number of hydrogen-bond donors (Lipinski definition) is 0. The SMILES string of the molecule is CCC1(OC(=O)C(C)(CC(C)(C)C)C(C)(C)CC)CCCC1. The lowest BCUT2D eigenvalue weighted by Gasteiger charge is -2.46. The van der Waals surface area contributed by atoms with Crippen LogP contribution >= 0.6 is 0 Å². The molecule has 2 heteroatoms. The second kappa shape index (κ2) is 6.53. The summed E-state index contributed by atoms with van der Waals surface area (Å²) in [6, 6.07) is 0. The lowest BCUT2D eigenvalue weighted by Crippen LogP contribution is -2.48. The Labute approximate surface area is 138 Å². The quantitative estimate of drug-likeness (QED) is 0.551. The third-order valence-electron chi connectivity index (χ3n) is 6.18. The van der Waals surface area contributed by atoms with Crippen molar-refractivity contribution in [3.63, 3.8) is 0 Å². The maximum atomic E-state index is 13.2. The van der Waals surface area contributed by atoms with Crippen molar-refractivity contribution in [1.29, 1.82) is 0 Å². The fourth-order valence-electron chi connectivity index (χ4n) is 3.89. The van der Waals surface area contributed by atoms with Crippen molar-refractivity contribution >= 4 is 5.97 Å². The van der Waals surface area contributed by atoms with Gasteiger partial charge in [0.15, 0.2) is 0 Å². The van der Waals surface area contributed by atoms with E-state index in [1.165, 1.54) is 12.8 Å². The zero-order valence-electron chi connectivity index (χ0n) is 16.3. The van der Waals surface area contributed by atoms with Crippen molar-refractivity contribution in [2.45, 2.75) is 106 Å². The first kappa shape index (κ1) is 19.5. The van der Waals surface area contributed by atoms with E-state index in [1.807, 2.05) is 0 Å². The van der Waals surface area contributed by atoms with Crippen LogP contribution in [0.25, 0.3) is 0 Å². The highest BCUT2D eigenvalue weighted by Crippen LogP contribution is 2.51. The summed E-state index contributed by atoms with van der Waals surface area (Å²) in [4.78, 5) is 13.2. The first-order chi connectivity index (χ1) is 9.91. The molecule has 1 aliphatic rings. The Balaban J connectivity index is 3.08. The predicted octanol–water partition coefficient (Wildman–Crippen LogP) is 6.13. The summed E-state index contributed by atoms with van der Waals surface area (Å²) in [6.45, 7) is 17.5. The summed E-state index contributed by atoms with van der Waals surface area (Å²) in [5.41, 5.74) is -0.592. The molecule has 0 heterocycles. The second-order valence-electron chi connectivity index (χ2n) is 9.44.